The summed E-state index contributed by atoms with van der Waals surface area (Å²) in [4.78, 5) is 28.5. The zero-order valence-corrected chi connectivity index (χ0v) is 14.7. The fraction of sp³-hybridized carbons (Fsp3) is 0.316. The monoisotopic (exact) mass is 341 g/mol. The first-order valence-corrected chi connectivity index (χ1v) is 8.35. The molecule has 0 radical (unpaired) electrons. The molecule has 0 spiro atoms. The summed E-state index contributed by atoms with van der Waals surface area (Å²) in [6.07, 6.45) is 2.62. The van der Waals surface area contributed by atoms with Gasteiger partial charge in [-0.1, -0.05) is 19.1 Å². The third kappa shape index (κ3) is 5.04. The van der Waals surface area contributed by atoms with E-state index in [1.807, 2.05) is 6.07 Å². The summed E-state index contributed by atoms with van der Waals surface area (Å²) in [5, 5.41) is 6.00. The molecule has 1 aromatic heterocycles. The van der Waals surface area contributed by atoms with Gasteiger partial charge in [-0.25, -0.2) is 9.78 Å². The van der Waals surface area contributed by atoms with Crippen molar-refractivity contribution in [1.29, 1.82) is 0 Å². The number of pyridine rings is 1. The van der Waals surface area contributed by atoms with E-state index in [2.05, 4.69) is 29.5 Å². The number of anilines is 2. The highest BCUT2D eigenvalue weighted by atomic mass is 16.5. The maximum absolute atomic E-state index is 12.4. The summed E-state index contributed by atoms with van der Waals surface area (Å²) in [6.45, 7) is 6.17. The van der Waals surface area contributed by atoms with Crippen molar-refractivity contribution in [2.24, 2.45) is 0 Å². The molecule has 0 aliphatic heterocycles. The van der Waals surface area contributed by atoms with Crippen LogP contribution in [0.3, 0.4) is 0 Å². The van der Waals surface area contributed by atoms with E-state index in [0.29, 0.717) is 17.3 Å². The van der Waals surface area contributed by atoms with Crippen LogP contribution in [0.5, 0.6) is 0 Å². The van der Waals surface area contributed by atoms with Gasteiger partial charge in [-0.3, -0.25) is 4.79 Å². The fourth-order valence-corrected chi connectivity index (χ4v) is 2.17. The highest BCUT2D eigenvalue weighted by Crippen LogP contribution is 2.17. The van der Waals surface area contributed by atoms with E-state index in [4.69, 9.17) is 4.74 Å². The molecule has 0 saturated heterocycles. The van der Waals surface area contributed by atoms with Crippen molar-refractivity contribution in [3.8, 4) is 0 Å². The fourth-order valence-electron chi connectivity index (χ4n) is 2.17. The second-order valence-electron chi connectivity index (χ2n) is 5.61. The molecule has 0 fully saturated rings. The average molecular weight is 341 g/mol. The van der Waals surface area contributed by atoms with Crippen LogP contribution in [0.25, 0.3) is 0 Å². The van der Waals surface area contributed by atoms with E-state index in [9.17, 15) is 9.59 Å². The number of ether oxygens (including phenoxy) is 1. The number of nitrogens with zero attached hydrogens (tertiary/aromatic N) is 1. The molecule has 1 amide bonds. The molecule has 0 aliphatic carbocycles. The summed E-state index contributed by atoms with van der Waals surface area (Å²) in [7, 11) is 0. The Morgan fingerprint density at radius 2 is 1.92 bits per heavy atom. The maximum atomic E-state index is 12.4. The van der Waals surface area contributed by atoms with Gasteiger partial charge in [0.1, 0.15) is 5.69 Å². The van der Waals surface area contributed by atoms with Gasteiger partial charge in [0.05, 0.1) is 29.7 Å². The number of carbonyl (C=O) groups excluding carboxylic acids is 2. The number of esters is 1. The normalized spacial score (nSPS) is 11.5. The number of hydrogen-bond donors (Lipinski definition) is 2. The van der Waals surface area contributed by atoms with E-state index >= 15 is 0 Å². The molecule has 6 heteroatoms. The van der Waals surface area contributed by atoms with Crippen LogP contribution in [0.2, 0.25) is 0 Å². The molecule has 132 valence electrons. The number of hydrogen-bond acceptors (Lipinski definition) is 5. The second kappa shape index (κ2) is 8.82. The molecular weight excluding hydrogens is 318 g/mol. The Morgan fingerprint density at radius 1 is 1.16 bits per heavy atom. The largest absolute Gasteiger partial charge is 0.462 e. The van der Waals surface area contributed by atoms with Gasteiger partial charge in [0.2, 0.25) is 0 Å². The zero-order chi connectivity index (χ0) is 18.2. The van der Waals surface area contributed by atoms with Gasteiger partial charge in [-0.2, -0.15) is 0 Å². The Kier molecular flexibility index (Phi) is 6.51. The minimum absolute atomic E-state index is 0.271. The van der Waals surface area contributed by atoms with Crippen LogP contribution in [0.15, 0.2) is 42.6 Å². The van der Waals surface area contributed by atoms with Crippen LogP contribution in [0.4, 0.5) is 11.4 Å². The molecule has 2 rings (SSSR count). The Balaban J connectivity index is 2.11. The van der Waals surface area contributed by atoms with Crippen molar-refractivity contribution in [1.82, 2.24) is 4.98 Å². The first-order chi connectivity index (χ1) is 12.0. The molecule has 6 nitrogen and oxygen atoms in total. The first-order valence-electron chi connectivity index (χ1n) is 8.35. The Hall–Kier alpha value is -2.89. The number of para-hydroxylation sites is 1. The Labute approximate surface area is 147 Å². The van der Waals surface area contributed by atoms with Crippen LogP contribution < -0.4 is 10.6 Å². The molecule has 25 heavy (non-hydrogen) atoms. The van der Waals surface area contributed by atoms with Crippen molar-refractivity contribution in [2.45, 2.75) is 33.2 Å². The zero-order valence-electron chi connectivity index (χ0n) is 14.7. The highest BCUT2D eigenvalue weighted by Gasteiger charge is 2.15. The third-order valence-electron chi connectivity index (χ3n) is 3.69. The van der Waals surface area contributed by atoms with Gasteiger partial charge in [-0.15, -0.1) is 0 Å². The lowest BCUT2D eigenvalue weighted by molar-refractivity contribution is 0.0527. The second-order valence-corrected chi connectivity index (χ2v) is 5.61. The molecule has 0 bridgehead atoms. The van der Waals surface area contributed by atoms with E-state index in [0.717, 1.165) is 12.1 Å². The average Bonchev–Trinajstić information content (AvgIpc) is 2.62. The number of nitrogens with one attached hydrogen (secondary N) is 2. The van der Waals surface area contributed by atoms with Crippen LogP contribution in [0.1, 0.15) is 48.0 Å². The van der Waals surface area contributed by atoms with Gasteiger partial charge in [0.25, 0.3) is 5.91 Å². The van der Waals surface area contributed by atoms with Gasteiger partial charge >= 0.3 is 5.97 Å². The molecular formula is C19H23N3O3. The van der Waals surface area contributed by atoms with Gasteiger partial charge in [0.15, 0.2) is 0 Å². The van der Waals surface area contributed by atoms with E-state index in [1.165, 1.54) is 0 Å². The van der Waals surface area contributed by atoms with Gasteiger partial charge in [0, 0.05) is 6.04 Å². The summed E-state index contributed by atoms with van der Waals surface area (Å²) in [6, 6.07) is 10.5. The maximum Gasteiger partial charge on any atom is 0.340 e. The van der Waals surface area contributed by atoms with E-state index < -0.39 is 5.97 Å². The molecule has 1 atom stereocenters. The summed E-state index contributed by atoms with van der Waals surface area (Å²) in [5.74, 6) is -0.855. The standard InChI is InChI=1S/C19H23N3O3/c1-4-13(3)21-14-10-11-17(20-12-14)18(23)22-16-9-7-6-8-15(16)19(24)25-5-2/h6-13,21H,4-5H2,1-3H3,(H,22,23). The molecule has 2 N–H and O–H groups in total. The van der Waals surface area contributed by atoms with Crippen molar-refractivity contribution in [2.75, 3.05) is 17.2 Å². The van der Waals surface area contributed by atoms with Crippen LogP contribution in [0, 0.1) is 0 Å². The third-order valence-corrected chi connectivity index (χ3v) is 3.69. The Bertz CT molecular complexity index is 729. The van der Waals surface area contributed by atoms with Gasteiger partial charge < -0.3 is 15.4 Å². The summed E-state index contributed by atoms with van der Waals surface area (Å²) in [5.41, 5.74) is 1.84. The molecule has 1 aromatic carbocycles. The minimum atomic E-state index is -0.473. The number of carbonyl (C=O) groups is 2. The van der Waals surface area contributed by atoms with Crippen molar-refractivity contribution in [3.05, 3.63) is 53.9 Å². The molecule has 1 heterocycles. The van der Waals surface area contributed by atoms with E-state index in [-0.39, 0.29) is 18.2 Å². The number of amides is 1. The topological polar surface area (TPSA) is 80.3 Å². The summed E-state index contributed by atoms with van der Waals surface area (Å²) >= 11 is 0. The number of benzene rings is 1. The SMILES string of the molecule is CCOC(=O)c1ccccc1NC(=O)c1ccc(NC(C)CC)cn1. The predicted octanol–water partition coefficient (Wildman–Crippen LogP) is 3.72. The highest BCUT2D eigenvalue weighted by molar-refractivity contribution is 6.07. The minimum Gasteiger partial charge on any atom is -0.462 e. The van der Waals surface area contributed by atoms with Gasteiger partial charge in [-0.05, 0) is 44.5 Å². The lowest BCUT2D eigenvalue weighted by atomic mass is 10.1. The number of aromatic nitrogens is 1. The molecule has 0 saturated carbocycles. The van der Waals surface area contributed by atoms with Crippen LogP contribution in [-0.2, 0) is 4.74 Å². The molecule has 1 unspecified atom stereocenters. The molecule has 0 aliphatic rings. The van der Waals surface area contributed by atoms with Crippen LogP contribution >= 0.6 is 0 Å². The quantitative estimate of drug-likeness (QED) is 0.750. The van der Waals surface area contributed by atoms with Crippen molar-refractivity contribution >= 4 is 23.3 Å². The van der Waals surface area contributed by atoms with Crippen molar-refractivity contribution < 1.29 is 14.3 Å². The summed E-state index contributed by atoms with van der Waals surface area (Å²) < 4.78 is 5.01. The predicted molar refractivity (Wildman–Crippen MR) is 98.0 cm³/mol. The molecule has 2 aromatic rings. The smallest absolute Gasteiger partial charge is 0.340 e. The van der Waals surface area contributed by atoms with Crippen LogP contribution in [-0.4, -0.2) is 29.5 Å². The lowest BCUT2D eigenvalue weighted by Crippen LogP contribution is -2.17. The number of rotatable bonds is 7. The lowest BCUT2D eigenvalue weighted by Gasteiger charge is -2.13. The van der Waals surface area contributed by atoms with E-state index in [1.54, 1.807) is 43.5 Å². The Morgan fingerprint density at radius 3 is 2.56 bits per heavy atom. The van der Waals surface area contributed by atoms with Crippen molar-refractivity contribution in [3.63, 3.8) is 0 Å². The first kappa shape index (κ1) is 18.4.